The highest BCUT2D eigenvalue weighted by molar-refractivity contribution is 5.95. The number of anilines is 1. The number of carbonyl (C=O) groups excluding carboxylic acids is 1. The summed E-state index contributed by atoms with van der Waals surface area (Å²) in [5, 5.41) is 11.8. The Morgan fingerprint density at radius 1 is 1.17 bits per heavy atom. The third-order valence-corrected chi connectivity index (χ3v) is 3.74. The fraction of sp³-hybridized carbons (Fsp3) is 0.222. The van der Waals surface area contributed by atoms with Gasteiger partial charge in [0, 0.05) is 5.69 Å². The molecule has 23 heavy (non-hydrogen) atoms. The van der Waals surface area contributed by atoms with E-state index in [1.54, 1.807) is 0 Å². The fourth-order valence-corrected chi connectivity index (χ4v) is 2.53. The first-order chi connectivity index (χ1) is 11.3. The molecule has 0 aromatic heterocycles. The largest absolute Gasteiger partial charge is 0.365 e. The minimum absolute atomic E-state index is 0.227. The minimum Gasteiger partial charge on any atom is -0.365 e. The Hall–Kier alpha value is -2.84. The van der Waals surface area contributed by atoms with Gasteiger partial charge in [-0.3, -0.25) is 4.79 Å². The van der Waals surface area contributed by atoms with Crippen molar-refractivity contribution in [1.82, 2.24) is 4.90 Å². The van der Waals surface area contributed by atoms with E-state index < -0.39 is 6.10 Å². The number of amides is 1. The maximum absolute atomic E-state index is 12.3. The number of nitrogens with zero attached hydrogens (tertiary/aromatic N) is 2. The summed E-state index contributed by atoms with van der Waals surface area (Å²) in [7, 11) is 0. The Kier molecular flexibility index (Phi) is 4.55. The van der Waals surface area contributed by atoms with Crippen LogP contribution in [0.1, 0.15) is 0 Å². The van der Waals surface area contributed by atoms with Crippen LogP contribution in [0.4, 0.5) is 5.69 Å². The summed E-state index contributed by atoms with van der Waals surface area (Å²) in [6, 6.07) is 17.6. The molecule has 3 rings (SSSR count). The topological polar surface area (TPSA) is 65.4 Å². The van der Waals surface area contributed by atoms with E-state index in [1.165, 1.54) is 4.90 Å². The van der Waals surface area contributed by atoms with Gasteiger partial charge in [0.2, 0.25) is 0 Å². The predicted molar refractivity (Wildman–Crippen MR) is 87.4 cm³/mol. The van der Waals surface area contributed by atoms with Gasteiger partial charge in [0.25, 0.3) is 5.91 Å². The lowest BCUT2D eigenvalue weighted by Crippen LogP contribution is -2.46. The number of nitriles is 1. The van der Waals surface area contributed by atoms with Crippen LogP contribution in [0.3, 0.4) is 0 Å². The van der Waals surface area contributed by atoms with Gasteiger partial charge in [-0.25, -0.2) is 0 Å². The smallest absolute Gasteiger partial charge is 0.255 e. The first-order valence-corrected chi connectivity index (χ1v) is 7.49. The minimum atomic E-state index is -0.621. The first kappa shape index (κ1) is 15.1. The van der Waals surface area contributed by atoms with Crippen molar-refractivity contribution in [2.75, 3.05) is 25.0 Å². The highest BCUT2D eigenvalue weighted by atomic mass is 16.5. The van der Waals surface area contributed by atoms with Crippen LogP contribution in [0, 0.1) is 11.5 Å². The van der Waals surface area contributed by atoms with Crippen molar-refractivity contribution in [3.8, 4) is 17.3 Å². The molecular weight excluding hydrogens is 290 g/mol. The zero-order chi connectivity index (χ0) is 16.1. The van der Waals surface area contributed by atoms with Crippen LogP contribution in [0.2, 0.25) is 0 Å². The van der Waals surface area contributed by atoms with E-state index >= 15 is 0 Å². The number of morpholine rings is 1. The van der Waals surface area contributed by atoms with Crippen LogP contribution in [0.15, 0.2) is 54.6 Å². The van der Waals surface area contributed by atoms with Crippen molar-refractivity contribution in [2.24, 2.45) is 0 Å². The second kappa shape index (κ2) is 6.95. The van der Waals surface area contributed by atoms with Crippen molar-refractivity contribution in [2.45, 2.75) is 6.10 Å². The molecule has 1 aliphatic rings. The summed E-state index contributed by atoms with van der Waals surface area (Å²) in [4.78, 5) is 13.8. The molecule has 116 valence electrons. The van der Waals surface area contributed by atoms with Crippen molar-refractivity contribution in [3.05, 3.63) is 54.6 Å². The van der Waals surface area contributed by atoms with Crippen LogP contribution < -0.4 is 5.32 Å². The molecule has 1 fully saturated rings. The SMILES string of the molecule is N#CN1CCOC(C(=O)Nc2cccc(-c3ccccc3)c2)C1. The van der Waals surface area contributed by atoms with Gasteiger partial charge in [-0.15, -0.1) is 0 Å². The van der Waals surface area contributed by atoms with E-state index in [2.05, 4.69) is 11.5 Å². The lowest BCUT2D eigenvalue weighted by molar-refractivity contribution is -0.131. The molecule has 1 amide bonds. The summed E-state index contributed by atoms with van der Waals surface area (Å²) in [5.74, 6) is -0.227. The summed E-state index contributed by atoms with van der Waals surface area (Å²) in [5.41, 5.74) is 2.84. The molecule has 1 atom stereocenters. The molecular formula is C18H17N3O2. The number of benzene rings is 2. The van der Waals surface area contributed by atoms with Gasteiger partial charge in [-0.1, -0.05) is 42.5 Å². The van der Waals surface area contributed by atoms with Crippen LogP contribution in [0.25, 0.3) is 11.1 Å². The quantitative estimate of drug-likeness (QED) is 0.885. The molecule has 5 heteroatoms. The predicted octanol–water partition coefficient (Wildman–Crippen LogP) is 2.47. The molecule has 0 aliphatic carbocycles. The summed E-state index contributed by atoms with van der Waals surface area (Å²) in [6.07, 6.45) is 1.44. The highest BCUT2D eigenvalue weighted by Crippen LogP contribution is 2.22. The lowest BCUT2D eigenvalue weighted by atomic mass is 10.1. The fourth-order valence-electron chi connectivity index (χ4n) is 2.53. The number of hydrogen-bond acceptors (Lipinski definition) is 4. The second-order valence-corrected chi connectivity index (χ2v) is 5.34. The third kappa shape index (κ3) is 3.68. The molecule has 0 saturated carbocycles. The summed E-state index contributed by atoms with van der Waals surface area (Å²) >= 11 is 0. The van der Waals surface area contributed by atoms with Gasteiger partial charge < -0.3 is 15.0 Å². The number of nitrogens with one attached hydrogen (secondary N) is 1. The van der Waals surface area contributed by atoms with Gasteiger partial charge in [0.05, 0.1) is 19.7 Å². The summed E-state index contributed by atoms with van der Waals surface area (Å²) < 4.78 is 5.45. The van der Waals surface area contributed by atoms with Crippen LogP contribution in [-0.4, -0.2) is 36.6 Å². The number of hydrogen-bond donors (Lipinski definition) is 1. The Labute approximate surface area is 135 Å². The molecule has 2 aromatic carbocycles. The van der Waals surface area contributed by atoms with Crippen molar-refractivity contribution in [1.29, 1.82) is 5.26 Å². The first-order valence-electron chi connectivity index (χ1n) is 7.49. The molecule has 5 nitrogen and oxygen atoms in total. The molecule has 0 spiro atoms. The molecule has 1 N–H and O–H groups in total. The monoisotopic (exact) mass is 307 g/mol. The maximum Gasteiger partial charge on any atom is 0.255 e. The Morgan fingerprint density at radius 3 is 2.74 bits per heavy atom. The Balaban J connectivity index is 1.71. The van der Waals surface area contributed by atoms with E-state index in [1.807, 2.05) is 54.6 Å². The normalized spacial score (nSPS) is 17.3. The maximum atomic E-state index is 12.3. The van der Waals surface area contributed by atoms with E-state index in [4.69, 9.17) is 10.00 Å². The number of ether oxygens (including phenoxy) is 1. The lowest BCUT2D eigenvalue weighted by Gasteiger charge is -2.28. The van der Waals surface area contributed by atoms with Crippen LogP contribution >= 0.6 is 0 Å². The van der Waals surface area contributed by atoms with E-state index in [0.717, 1.165) is 11.1 Å². The van der Waals surface area contributed by atoms with E-state index in [0.29, 0.717) is 25.4 Å². The zero-order valence-corrected chi connectivity index (χ0v) is 12.6. The van der Waals surface area contributed by atoms with Gasteiger partial charge in [0.1, 0.15) is 0 Å². The zero-order valence-electron chi connectivity index (χ0n) is 12.6. The third-order valence-electron chi connectivity index (χ3n) is 3.74. The van der Waals surface area contributed by atoms with Crippen molar-refractivity contribution in [3.63, 3.8) is 0 Å². The molecule has 1 aliphatic heterocycles. The molecule has 1 saturated heterocycles. The Morgan fingerprint density at radius 2 is 1.96 bits per heavy atom. The average Bonchev–Trinajstić information content (AvgIpc) is 2.63. The van der Waals surface area contributed by atoms with Gasteiger partial charge in [-0.2, -0.15) is 5.26 Å². The van der Waals surface area contributed by atoms with E-state index in [9.17, 15) is 4.79 Å². The van der Waals surface area contributed by atoms with Crippen LogP contribution in [-0.2, 0) is 9.53 Å². The molecule has 1 unspecified atom stereocenters. The van der Waals surface area contributed by atoms with Gasteiger partial charge >= 0.3 is 0 Å². The number of carbonyl (C=O) groups is 1. The molecule has 2 aromatic rings. The molecule has 0 bridgehead atoms. The summed E-state index contributed by atoms with van der Waals surface area (Å²) in [6.45, 7) is 1.21. The average molecular weight is 307 g/mol. The van der Waals surface area contributed by atoms with Crippen molar-refractivity contribution >= 4 is 11.6 Å². The highest BCUT2D eigenvalue weighted by Gasteiger charge is 2.26. The number of rotatable bonds is 3. The van der Waals surface area contributed by atoms with Gasteiger partial charge in [0.15, 0.2) is 12.3 Å². The van der Waals surface area contributed by atoms with E-state index in [-0.39, 0.29) is 5.91 Å². The Bertz CT molecular complexity index is 725. The molecule has 0 radical (unpaired) electrons. The van der Waals surface area contributed by atoms with Gasteiger partial charge in [-0.05, 0) is 23.3 Å². The van der Waals surface area contributed by atoms with Crippen molar-refractivity contribution < 1.29 is 9.53 Å². The molecule has 1 heterocycles. The second-order valence-electron chi connectivity index (χ2n) is 5.34. The standard InChI is InChI=1S/C18H17N3O2/c19-13-21-9-10-23-17(12-21)18(22)20-16-8-4-7-15(11-16)14-5-2-1-3-6-14/h1-8,11,17H,9-10,12H2,(H,20,22). The van der Waals surface area contributed by atoms with Crippen LogP contribution in [0.5, 0.6) is 0 Å².